The molecule has 2 aromatic heterocycles. The van der Waals surface area contributed by atoms with E-state index < -0.39 is 11.8 Å². The standard InChI is InChI=1S/C25H24FN3O3S/c1-14(16-6-7-16)23(19-9-8-18(32-3)12-21(19)26)28-15(2)29-24-20(25(30)31)11-17(13-27-24)22-5-4-10-33-22/h4-5,8-13,16H,6-7H2,1-3H3,(H,30,31)(H,27,28,29)/b23-14+. The summed E-state index contributed by atoms with van der Waals surface area (Å²) in [5, 5.41) is 14.8. The van der Waals surface area contributed by atoms with Crippen LogP contribution in [-0.4, -0.2) is 29.0 Å². The highest BCUT2D eigenvalue weighted by molar-refractivity contribution is 7.13. The lowest BCUT2D eigenvalue weighted by molar-refractivity contribution is 0.0697. The Morgan fingerprint density at radius 1 is 1.24 bits per heavy atom. The molecule has 2 N–H and O–H groups in total. The van der Waals surface area contributed by atoms with Crippen LogP contribution in [0.2, 0.25) is 0 Å². The summed E-state index contributed by atoms with van der Waals surface area (Å²) in [4.78, 5) is 21.5. The van der Waals surface area contributed by atoms with Gasteiger partial charge in [0.1, 0.15) is 23.0 Å². The summed E-state index contributed by atoms with van der Waals surface area (Å²) in [5.74, 6) is -0.191. The van der Waals surface area contributed by atoms with Crippen LogP contribution < -0.4 is 10.1 Å². The van der Waals surface area contributed by atoms with Crippen molar-refractivity contribution < 1.29 is 19.0 Å². The maximum atomic E-state index is 14.9. The monoisotopic (exact) mass is 465 g/mol. The first kappa shape index (κ1) is 22.7. The maximum absolute atomic E-state index is 14.9. The second-order valence-corrected chi connectivity index (χ2v) is 8.83. The zero-order chi connectivity index (χ0) is 23.5. The molecule has 1 fully saturated rings. The fraction of sp³-hybridized carbons (Fsp3) is 0.240. The maximum Gasteiger partial charge on any atom is 0.339 e. The predicted octanol–water partition coefficient (Wildman–Crippen LogP) is 6.14. The number of nitrogens with one attached hydrogen (secondary N) is 1. The first-order valence-electron chi connectivity index (χ1n) is 10.5. The van der Waals surface area contributed by atoms with E-state index >= 15 is 0 Å². The van der Waals surface area contributed by atoms with Crippen molar-refractivity contribution in [3.63, 3.8) is 0 Å². The summed E-state index contributed by atoms with van der Waals surface area (Å²) in [6, 6.07) is 10.1. The number of allylic oxidation sites excluding steroid dienone is 1. The molecule has 0 spiro atoms. The minimum Gasteiger partial charge on any atom is -0.497 e. The molecular weight excluding hydrogens is 441 g/mol. The molecule has 1 aromatic carbocycles. The molecule has 0 aliphatic heterocycles. The van der Waals surface area contributed by atoms with Crippen LogP contribution in [-0.2, 0) is 0 Å². The van der Waals surface area contributed by atoms with E-state index in [1.54, 1.807) is 31.3 Å². The lowest BCUT2D eigenvalue weighted by atomic mass is 10.0. The molecule has 4 rings (SSSR count). The number of hydrogen-bond acceptors (Lipinski definition) is 5. The van der Waals surface area contributed by atoms with Crippen molar-refractivity contribution in [2.45, 2.75) is 26.7 Å². The third-order valence-corrected chi connectivity index (χ3v) is 6.43. The number of benzene rings is 1. The minimum absolute atomic E-state index is 0.00197. The molecule has 33 heavy (non-hydrogen) atoms. The van der Waals surface area contributed by atoms with E-state index in [-0.39, 0.29) is 11.4 Å². The first-order chi connectivity index (χ1) is 15.9. The molecule has 0 unspecified atom stereocenters. The zero-order valence-corrected chi connectivity index (χ0v) is 19.4. The van der Waals surface area contributed by atoms with Crippen LogP contribution in [0.25, 0.3) is 16.1 Å². The zero-order valence-electron chi connectivity index (χ0n) is 18.6. The Balaban J connectivity index is 1.69. The van der Waals surface area contributed by atoms with Crippen molar-refractivity contribution in [3.8, 4) is 16.2 Å². The van der Waals surface area contributed by atoms with Crippen LogP contribution in [0, 0.1) is 11.7 Å². The fourth-order valence-corrected chi connectivity index (χ4v) is 4.28. The molecular formula is C25H24FN3O3S. The van der Waals surface area contributed by atoms with Crippen LogP contribution in [0.4, 0.5) is 10.2 Å². The molecule has 0 atom stereocenters. The number of amidine groups is 1. The molecule has 0 bridgehead atoms. The van der Waals surface area contributed by atoms with Gasteiger partial charge in [0.05, 0.1) is 7.11 Å². The molecule has 6 nitrogen and oxygen atoms in total. The molecule has 2 heterocycles. The van der Waals surface area contributed by atoms with E-state index in [2.05, 4.69) is 15.3 Å². The minimum atomic E-state index is -1.11. The molecule has 3 aromatic rings. The summed E-state index contributed by atoms with van der Waals surface area (Å²) in [7, 11) is 1.49. The van der Waals surface area contributed by atoms with Gasteiger partial charge >= 0.3 is 5.97 Å². The van der Waals surface area contributed by atoms with Gasteiger partial charge in [-0.3, -0.25) is 0 Å². The van der Waals surface area contributed by atoms with Crippen molar-refractivity contribution in [3.05, 3.63) is 70.5 Å². The van der Waals surface area contributed by atoms with Crippen LogP contribution in [0.15, 0.2) is 58.5 Å². The number of nitrogens with zero attached hydrogens (tertiary/aromatic N) is 2. The summed E-state index contributed by atoms with van der Waals surface area (Å²) in [5.41, 5.74) is 2.80. The Morgan fingerprint density at radius 2 is 2.03 bits per heavy atom. The third-order valence-electron chi connectivity index (χ3n) is 5.51. The molecule has 170 valence electrons. The number of rotatable bonds is 7. The Kier molecular flexibility index (Phi) is 6.55. The number of carboxylic acids is 1. The topological polar surface area (TPSA) is 83.8 Å². The molecule has 1 aliphatic rings. The summed E-state index contributed by atoms with van der Waals surface area (Å²) in [6.45, 7) is 3.69. The number of ether oxygens (including phenoxy) is 1. The van der Waals surface area contributed by atoms with Crippen molar-refractivity contribution in [1.29, 1.82) is 0 Å². The predicted molar refractivity (Wildman–Crippen MR) is 129 cm³/mol. The highest BCUT2D eigenvalue weighted by Crippen LogP contribution is 2.40. The normalized spacial score (nSPS) is 14.6. The number of carbonyl (C=O) groups is 1. The highest BCUT2D eigenvalue weighted by atomic mass is 32.1. The molecule has 0 radical (unpaired) electrons. The Morgan fingerprint density at radius 3 is 2.64 bits per heavy atom. The third kappa shape index (κ3) is 5.12. The average Bonchev–Trinajstić information content (AvgIpc) is 3.51. The van der Waals surface area contributed by atoms with Crippen molar-refractivity contribution in [1.82, 2.24) is 10.3 Å². The molecule has 1 saturated carbocycles. The second-order valence-electron chi connectivity index (χ2n) is 7.88. The van der Waals surface area contributed by atoms with Gasteiger partial charge in [-0.1, -0.05) is 6.07 Å². The van der Waals surface area contributed by atoms with Crippen LogP contribution in [0.1, 0.15) is 42.6 Å². The number of halogens is 1. The van der Waals surface area contributed by atoms with Gasteiger partial charge in [-0.15, -0.1) is 11.3 Å². The number of pyridine rings is 1. The van der Waals surface area contributed by atoms with Gasteiger partial charge in [-0.2, -0.15) is 0 Å². The van der Waals surface area contributed by atoms with Crippen LogP contribution >= 0.6 is 11.3 Å². The molecule has 0 saturated heterocycles. The van der Waals surface area contributed by atoms with E-state index in [1.807, 2.05) is 24.4 Å². The lowest BCUT2D eigenvalue weighted by Crippen LogP contribution is -2.21. The largest absolute Gasteiger partial charge is 0.497 e. The van der Waals surface area contributed by atoms with Gasteiger partial charge in [0, 0.05) is 34.0 Å². The van der Waals surface area contributed by atoms with E-state index in [0.717, 1.165) is 28.9 Å². The number of carboxylic acid groups (broad SMARTS) is 1. The van der Waals surface area contributed by atoms with E-state index in [1.165, 1.54) is 24.5 Å². The Hall–Kier alpha value is -3.52. The van der Waals surface area contributed by atoms with E-state index in [9.17, 15) is 14.3 Å². The summed E-state index contributed by atoms with van der Waals surface area (Å²) in [6.07, 6.45) is 3.72. The number of aromatic nitrogens is 1. The average molecular weight is 466 g/mol. The smallest absolute Gasteiger partial charge is 0.339 e. The Bertz CT molecular complexity index is 1250. The van der Waals surface area contributed by atoms with Gasteiger partial charge < -0.3 is 15.2 Å². The number of hydrogen-bond donors (Lipinski definition) is 2. The van der Waals surface area contributed by atoms with Gasteiger partial charge in [0.2, 0.25) is 0 Å². The first-order valence-corrected chi connectivity index (χ1v) is 11.4. The molecule has 8 heteroatoms. The fourth-order valence-electron chi connectivity index (χ4n) is 3.57. The molecule has 1 aliphatic carbocycles. The highest BCUT2D eigenvalue weighted by Gasteiger charge is 2.27. The number of aromatic carboxylic acids is 1. The van der Waals surface area contributed by atoms with Gasteiger partial charge in [0.15, 0.2) is 5.82 Å². The van der Waals surface area contributed by atoms with Crippen molar-refractivity contribution >= 4 is 34.7 Å². The number of thiophene rings is 1. The van der Waals surface area contributed by atoms with Gasteiger partial charge in [-0.05, 0) is 67.8 Å². The van der Waals surface area contributed by atoms with Crippen molar-refractivity contribution in [2.75, 3.05) is 7.11 Å². The molecule has 0 amide bonds. The van der Waals surface area contributed by atoms with Crippen LogP contribution in [0.3, 0.4) is 0 Å². The summed E-state index contributed by atoms with van der Waals surface area (Å²) >= 11 is 1.51. The second kappa shape index (κ2) is 9.54. The lowest BCUT2D eigenvalue weighted by Gasteiger charge is -2.16. The van der Waals surface area contributed by atoms with Gasteiger partial charge in [0.25, 0.3) is 0 Å². The number of aliphatic imine (C=N–C) groups is 1. The van der Waals surface area contributed by atoms with Gasteiger partial charge in [-0.25, -0.2) is 19.2 Å². The van der Waals surface area contributed by atoms with Crippen LogP contribution in [0.5, 0.6) is 5.75 Å². The quantitative estimate of drug-likeness (QED) is 0.324. The van der Waals surface area contributed by atoms with E-state index in [4.69, 9.17) is 4.74 Å². The SMILES string of the molecule is COc1ccc(/C(NC(C)=Nc2ncc(-c3cccs3)cc2C(=O)O)=C(/C)C2CC2)c(F)c1. The Labute approximate surface area is 195 Å². The van der Waals surface area contributed by atoms with E-state index in [0.29, 0.717) is 28.8 Å². The van der Waals surface area contributed by atoms with Crippen molar-refractivity contribution in [2.24, 2.45) is 10.9 Å². The summed E-state index contributed by atoms with van der Waals surface area (Å²) < 4.78 is 20.0. The number of methoxy groups -OCH3 is 1.